The van der Waals surface area contributed by atoms with Gasteiger partial charge in [-0.15, -0.1) is 0 Å². The summed E-state index contributed by atoms with van der Waals surface area (Å²) < 4.78 is 51.1. The van der Waals surface area contributed by atoms with E-state index in [1.165, 1.54) is 36.7 Å². The van der Waals surface area contributed by atoms with Gasteiger partial charge < -0.3 is 4.74 Å². The normalized spacial score (nSPS) is 11.0. The second-order valence-electron chi connectivity index (χ2n) is 6.69. The van der Waals surface area contributed by atoms with Crippen molar-refractivity contribution in [2.75, 3.05) is 4.72 Å². The molecule has 4 rings (SSSR count). The summed E-state index contributed by atoms with van der Waals surface area (Å²) in [4.78, 5) is 3.68. The highest BCUT2D eigenvalue weighted by Gasteiger charge is 2.20. The first-order valence-electron chi connectivity index (χ1n) is 9.24. The molecule has 0 aliphatic rings. The van der Waals surface area contributed by atoms with Crippen LogP contribution >= 0.6 is 11.5 Å². The second-order valence-corrected chi connectivity index (χ2v) is 9.15. The summed E-state index contributed by atoms with van der Waals surface area (Å²) in [7, 11) is -3.96. The lowest BCUT2D eigenvalue weighted by molar-refractivity contribution is 0.478. The van der Waals surface area contributed by atoms with Gasteiger partial charge in [0.2, 0.25) is 5.13 Å². The number of rotatable bonds is 6. The highest BCUT2D eigenvalue weighted by molar-refractivity contribution is 7.93. The SMILES string of the molecule is Cc1cccc(-c2cccc(F)c2)c1Oc1ccc(S(=O)(=O)Nc2ncns2)cc1C#N. The molecule has 0 fully saturated rings. The van der Waals surface area contributed by atoms with Gasteiger partial charge in [-0.2, -0.15) is 9.64 Å². The van der Waals surface area contributed by atoms with Crippen molar-refractivity contribution in [3.63, 3.8) is 0 Å². The third-order valence-corrected chi connectivity index (χ3v) is 6.57. The molecule has 1 aromatic heterocycles. The fraction of sp³-hybridized carbons (Fsp3) is 0.0455. The van der Waals surface area contributed by atoms with Crippen LogP contribution in [-0.4, -0.2) is 17.8 Å². The minimum Gasteiger partial charge on any atom is -0.455 e. The fourth-order valence-corrected chi connectivity index (χ4v) is 4.71. The molecular weight excluding hydrogens is 451 g/mol. The number of nitrogens with zero attached hydrogens (tertiary/aromatic N) is 3. The number of hydrogen-bond donors (Lipinski definition) is 1. The van der Waals surface area contributed by atoms with E-state index in [1.54, 1.807) is 18.2 Å². The maximum absolute atomic E-state index is 13.8. The van der Waals surface area contributed by atoms with Gasteiger partial charge in [0.15, 0.2) is 0 Å². The number of sulfonamides is 1. The van der Waals surface area contributed by atoms with Crippen LogP contribution in [0.3, 0.4) is 0 Å². The van der Waals surface area contributed by atoms with Crippen molar-refractivity contribution >= 4 is 26.7 Å². The molecule has 0 spiro atoms. The van der Waals surface area contributed by atoms with Crippen molar-refractivity contribution in [3.8, 4) is 28.7 Å². The molecule has 4 aromatic rings. The van der Waals surface area contributed by atoms with Gasteiger partial charge in [-0.05, 0) is 48.4 Å². The summed E-state index contributed by atoms with van der Waals surface area (Å²) in [5.41, 5.74) is 2.05. The third kappa shape index (κ3) is 4.44. The molecule has 3 aromatic carbocycles. The summed E-state index contributed by atoms with van der Waals surface area (Å²) in [6.45, 7) is 1.83. The van der Waals surface area contributed by atoms with Gasteiger partial charge in [-0.3, -0.25) is 4.72 Å². The number of benzene rings is 3. The van der Waals surface area contributed by atoms with Crippen LogP contribution in [0, 0.1) is 24.1 Å². The summed E-state index contributed by atoms with van der Waals surface area (Å²) in [6, 6.07) is 17.5. The van der Waals surface area contributed by atoms with Gasteiger partial charge >= 0.3 is 0 Å². The van der Waals surface area contributed by atoms with Gasteiger partial charge in [0.25, 0.3) is 10.0 Å². The monoisotopic (exact) mass is 466 g/mol. The van der Waals surface area contributed by atoms with Crippen LogP contribution in [0.1, 0.15) is 11.1 Å². The van der Waals surface area contributed by atoms with E-state index in [0.29, 0.717) is 16.9 Å². The van der Waals surface area contributed by atoms with E-state index in [-0.39, 0.29) is 27.2 Å². The van der Waals surface area contributed by atoms with Crippen LogP contribution < -0.4 is 9.46 Å². The number of ether oxygens (including phenoxy) is 1. The van der Waals surface area contributed by atoms with Crippen LogP contribution in [0.5, 0.6) is 11.5 Å². The van der Waals surface area contributed by atoms with Crippen LogP contribution in [0.2, 0.25) is 0 Å². The molecule has 0 bridgehead atoms. The van der Waals surface area contributed by atoms with E-state index in [2.05, 4.69) is 14.1 Å². The first-order chi connectivity index (χ1) is 15.4. The van der Waals surface area contributed by atoms with Crippen molar-refractivity contribution in [1.82, 2.24) is 9.36 Å². The van der Waals surface area contributed by atoms with Crippen LogP contribution in [0.4, 0.5) is 9.52 Å². The van der Waals surface area contributed by atoms with E-state index in [9.17, 15) is 18.1 Å². The summed E-state index contributed by atoms with van der Waals surface area (Å²) >= 11 is 0.894. The molecule has 0 unspecified atom stereocenters. The van der Waals surface area contributed by atoms with Crippen molar-refractivity contribution in [1.29, 1.82) is 5.26 Å². The molecule has 32 heavy (non-hydrogen) atoms. The lowest BCUT2D eigenvalue weighted by Crippen LogP contribution is -2.13. The Hall–Kier alpha value is -3.81. The molecule has 160 valence electrons. The van der Waals surface area contributed by atoms with Crippen LogP contribution in [0.25, 0.3) is 11.1 Å². The molecule has 0 saturated heterocycles. The predicted molar refractivity (Wildman–Crippen MR) is 119 cm³/mol. The Morgan fingerprint density at radius 2 is 1.94 bits per heavy atom. The van der Waals surface area contributed by atoms with E-state index >= 15 is 0 Å². The fourth-order valence-electron chi connectivity index (χ4n) is 3.03. The zero-order chi connectivity index (χ0) is 22.7. The molecule has 1 N–H and O–H groups in total. The minimum atomic E-state index is -3.96. The Morgan fingerprint density at radius 3 is 2.66 bits per heavy atom. The molecule has 0 atom stereocenters. The smallest absolute Gasteiger partial charge is 0.263 e. The maximum Gasteiger partial charge on any atom is 0.263 e. The van der Waals surface area contributed by atoms with E-state index in [1.807, 2.05) is 25.1 Å². The Balaban J connectivity index is 1.71. The van der Waals surface area contributed by atoms with Crippen LogP contribution in [-0.2, 0) is 10.0 Å². The standard InChI is InChI=1S/C22H15FN4O3S2/c1-14-4-2-7-19(15-5-3-6-17(23)10-15)21(14)30-20-9-8-18(11-16(20)12-24)32(28,29)27-22-25-13-26-31-22/h2-11,13H,1H3,(H,25,26,27). The number of para-hydroxylation sites is 1. The lowest BCUT2D eigenvalue weighted by Gasteiger charge is -2.15. The number of nitrogens with one attached hydrogen (secondary N) is 1. The Labute approximate surface area is 188 Å². The van der Waals surface area contributed by atoms with E-state index < -0.39 is 10.0 Å². The number of nitriles is 1. The maximum atomic E-state index is 13.8. The number of aryl methyl sites for hydroxylation is 1. The van der Waals surface area contributed by atoms with Crippen molar-refractivity contribution in [3.05, 3.63) is 83.9 Å². The van der Waals surface area contributed by atoms with Crippen LogP contribution in [0.15, 0.2) is 71.9 Å². The number of halogens is 1. The number of hydrogen-bond acceptors (Lipinski definition) is 7. The lowest BCUT2D eigenvalue weighted by atomic mass is 10.0. The summed E-state index contributed by atoms with van der Waals surface area (Å²) in [5.74, 6) is 0.233. The van der Waals surface area contributed by atoms with Gasteiger partial charge in [-0.1, -0.05) is 30.3 Å². The Kier molecular flexibility index (Phi) is 5.85. The molecule has 0 amide bonds. The number of aromatic nitrogens is 2. The first kappa shape index (κ1) is 21.4. The Morgan fingerprint density at radius 1 is 1.12 bits per heavy atom. The highest BCUT2D eigenvalue weighted by atomic mass is 32.2. The van der Waals surface area contributed by atoms with Gasteiger partial charge in [0.05, 0.1) is 10.5 Å². The molecular formula is C22H15FN4O3S2. The topological polar surface area (TPSA) is 105 Å². The van der Waals surface area contributed by atoms with Gasteiger partial charge in [0.1, 0.15) is 29.7 Å². The quantitative estimate of drug-likeness (QED) is 0.423. The molecule has 0 radical (unpaired) electrons. The molecule has 0 aliphatic heterocycles. The summed E-state index contributed by atoms with van der Waals surface area (Å²) in [5, 5.41) is 9.73. The third-order valence-electron chi connectivity index (χ3n) is 4.52. The van der Waals surface area contributed by atoms with Crippen molar-refractivity contribution in [2.24, 2.45) is 0 Å². The molecule has 0 aliphatic carbocycles. The minimum absolute atomic E-state index is 0.0265. The van der Waals surface area contributed by atoms with E-state index in [4.69, 9.17) is 4.74 Å². The van der Waals surface area contributed by atoms with Gasteiger partial charge in [0, 0.05) is 17.1 Å². The molecule has 1 heterocycles. The molecule has 7 nitrogen and oxygen atoms in total. The Bertz CT molecular complexity index is 1430. The molecule has 0 saturated carbocycles. The van der Waals surface area contributed by atoms with Gasteiger partial charge in [-0.25, -0.2) is 17.8 Å². The second kappa shape index (κ2) is 8.74. The summed E-state index contributed by atoms with van der Waals surface area (Å²) in [6.07, 6.45) is 1.23. The largest absolute Gasteiger partial charge is 0.455 e. The average molecular weight is 467 g/mol. The zero-order valence-corrected chi connectivity index (χ0v) is 18.2. The van der Waals surface area contributed by atoms with Crippen molar-refractivity contribution < 1.29 is 17.5 Å². The zero-order valence-electron chi connectivity index (χ0n) is 16.6. The van der Waals surface area contributed by atoms with E-state index in [0.717, 1.165) is 17.1 Å². The average Bonchev–Trinajstić information content (AvgIpc) is 3.27. The highest BCUT2D eigenvalue weighted by Crippen LogP contribution is 2.38. The molecule has 10 heteroatoms. The number of anilines is 1. The van der Waals surface area contributed by atoms with Crippen molar-refractivity contribution in [2.45, 2.75) is 11.8 Å². The first-order valence-corrected chi connectivity index (χ1v) is 11.5. The predicted octanol–water partition coefficient (Wildman–Crippen LogP) is 5.12.